The number of hydrogen-bond donors (Lipinski definition) is 4. The molecule has 0 radical (unpaired) electrons. The smallest absolute Gasteiger partial charge is 0.263 e. The summed E-state index contributed by atoms with van der Waals surface area (Å²) in [7, 11) is -2.58. The van der Waals surface area contributed by atoms with Gasteiger partial charge >= 0.3 is 0 Å². The average Bonchev–Trinajstić information content (AvgIpc) is 3.43. The Labute approximate surface area is 243 Å². The number of para-hydroxylation sites is 2. The monoisotopic (exact) mass is 602 g/mol. The van der Waals surface area contributed by atoms with Crippen molar-refractivity contribution in [2.24, 2.45) is 0 Å². The molecule has 1 fully saturated rings. The minimum absolute atomic E-state index is 0. The maximum atomic E-state index is 13.5. The number of methoxy groups -OCH3 is 1. The van der Waals surface area contributed by atoms with Gasteiger partial charge in [-0.15, -0.1) is 12.4 Å². The van der Waals surface area contributed by atoms with Gasteiger partial charge in [-0.2, -0.15) is 0 Å². The number of ether oxygens (including phenoxy) is 1. The van der Waals surface area contributed by atoms with Crippen molar-refractivity contribution in [3.05, 3.63) is 71.8 Å². The molecule has 3 aromatic carbocycles. The second-order valence-corrected chi connectivity index (χ2v) is 11.1. The molecule has 0 aliphatic carbocycles. The number of nitrogens with one attached hydrogen (secondary N) is 4. The van der Waals surface area contributed by atoms with E-state index in [0.29, 0.717) is 39.6 Å². The van der Waals surface area contributed by atoms with E-state index in [2.05, 4.69) is 30.6 Å². The molecule has 5 rings (SSSR count). The summed E-state index contributed by atoms with van der Waals surface area (Å²) in [6.45, 7) is 0.899. The van der Waals surface area contributed by atoms with Crippen LogP contribution < -0.4 is 25.4 Å². The number of carbonyl (C=O) groups is 1. The molecule has 1 atom stereocenters. The summed E-state index contributed by atoms with van der Waals surface area (Å²) in [6, 6.07) is 18.3. The number of rotatable bonds is 9. The van der Waals surface area contributed by atoms with Crippen molar-refractivity contribution >= 4 is 74.0 Å². The molecule has 210 valence electrons. The molecule has 1 saturated heterocycles. The van der Waals surface area contributed by atoms with E-state index >= 15 is 0 Å². The minimum Gasteiger partial charge on any atom is -0.497 e. The third-order valence-electron chi connectivity index (χ3n) is 6.25. The zero-order chi connectivity index (χ0) is 27.4. The highest BCUT2D eigenvalue weighted by Crippen LogP contribution is 2.33. The number of hydrogen-bond acceptors (Lipinski definition) is 8. The number of halogens is 2. The summed E-state index contributed by atoms with van der Waals surface area (Å²) in [4.78, 5) is 21.5. The molecule has 0 spiro atoms. The maximum absolute atomic E-state index is 13.5. The summed E-state index contributed by atoms with van der Waals surface area (Å²) < 4.78 is 34.7. The lowest BCUT2D eigenvalue weighted by Crippen LogP contribution is -2.27. The van der Waals surface area contributed by atoms with Gasteiger partial charge in [-0.25, -0.2) is 18.4 Å². The van der Waals surface area contributed by atoms with Gasteiger partial charge in [0.25, 0.3) is 10.0 Å². The molecule has 4 aromatic rings. The van der Waals surface area contributed by atoms with Crippen molar-refractivity contribution in [2.75, 3.05) is 29.0 Å². The zero-order valence-corrected chi connectivity index (χ0v) is 23.9. The van der Waals surface area contributed by atoms with Crippen molar-refractivity contribution in [1.29, 1.82) is 0 Å². The van der Waals surface area contributed by atoms with E-state index in [1.165, 1.54) is 19.2 Å². The molecule has 0 bridgehead atoms. The quantitative estimate of drug-likeness (QED) is 0.202. The van der Waals surface area contributed by atoms with Gasteiger partial charge < -0.3 is 20.7 Å². The molecule has 1 aromatic heterocycles. The number of nitrogens with zero attached hydrogens (tertiary/aromatic N) is 2. The van der Waals surface area contributed by atoms with Gasteiger partial charge in [-0.05, 0) is 61.9 Å². The summed E-state index contributed by atoms with van der Waals surface area (Å²) in [5, 5.41) is 9.54. The summed E-state index contributed by atoms with van der Waals surface area (Å²) in [6.07, 6.45) is 2.30. The third kappa shape index (κ3) is 6.92. The number of sulfonamides is 1. The Hall–Kier alpha value is -3.64. The number of benzene rings is 3. The Morgan fingerprint density at radius 3 is 2.50 bits per heavy atom. The van der Waals surface area contributed by atoms with Gasteiger partial charge in [0, 0.05) is 24.2 Å². The Morgan fingerprint density at radius 2 is 1.80 bits per heavy atom. The van der Waals surface area contributed by atoms with Crippen LogP contribution in [0.15, 0.2) is 71.6 Å². The molecule has 2 heterocycles. The fourth-order valence-corrected chi connectivity index (χ4v) is 5.53. The largest absolute Gasteiger partial charge is 0.497 e. The highest BCUT2D eigenvalue weighted by atomic mass is 35.5. The van der Waals surface area contributed by atoms with Crippen molar-refractivity contribution < 1.29 is 17.9 Å². The van der Waals surface area contributed by atoms with Gasteiger partial charge in [-0.3, -0.25) is 9.52 Å². The second kappa shape index (κ2) is 12.7. The number of fused-ring (bicyclic) bond motifs is 1. The van der Waals surface area contributed by atoms with Crippen LogP contribution >= 0.6 is 24.0 Å². The number of carbonyl (C=O) groups excluding carboxylic acids is 1. The number of anilines is 4. The van der Waals surface area contributed by atoms with Crippen LogP contribution in [-0.4, -0.2) is 44.0 Å². The van der Waals surface area contributed by atoms with Gasteiger partial charge in [0.15, 0.2) is 11.6 Å². The topological polar surface area (TPSA) is 134 Å². The maximum Gasteiger partial charge on any atom is 0.263 e. The van der Waals surface area contributed by atoms with E-state index in [0.717, 1.165) is 19.4 Å². The summed E-state index contributed by atoms with van der Waals surface area (Å²) in [5.41, 5.74) is 1.90. The van der Waals surface area contributed by atoms with Crippen LogP contribution in [-0.2, 0) is 14.8 Å². The van der Waals surface area contributed by atoms with Crippen LogP contribution in [0.3, 0.4) is 0 Å². The van der Waals surface area contributed by atoms with Crippen molar-refractivity contribution in [1.82, 2.24) is 15.3 Å². The van der Waals surface area contributed by atoms with Gasteiger partial charge in [-0.1, -0.05) is 29.8 Å². The summed E-state index contributed by atoms with van der Waals surface area (Å²) >= 11 is 6.37. The summed E-state index contributed by atoms with van der Waals surface area (Å²) in [5.74, 6) is 0.509. The molecule has 4 N–H and O–H groups in total. The average molecular weight is 604 g/mol. The van der Waals surface area contributed by atoms with Crippen LogP contribution in [0.5, 0.6) is 5.75 Å². The molecule has 1 aliphatic rings. The first-order valence-corrected chi connectivity index (χ1v) is 14.2. The van der Waals surface area contributed by atoms with Crippen molar-refractivity contribution in [3.8, 4) is 5.75 Å². The lowest BCUT2D eigenvalue weighted by atomic mass is 10.1. The first kappa shape index (κ1) is 29.3. The Kier molecular flexibility index (Phi) is 9.31. The van der Waals surface area contributed by atoms with Crippen molar-refractivity contribution in [3.63, 3.8) is 0 Å². The van der Waals surface area contributed by atoms with Crippen LogP contribution in [0, 0.1) is 0 Å². The molecule has 0 saturated carbocycles. The predicted molar refractivity (Wildman–Crippen MR) is 160 cm³/mol. The highest BCUT2D eigenvalue weighted by molar-refractivity contribution is 7.92. The Bertz CT molecular complexity index is 1630. The lowest BCUT2D eigenvalue weighted by molar-refractivity contribution is -0.116. The molecule has 1 amide bonds. The molecule has 0 unspecified atom stereocenters. The SMILES string of the molecule is COc1ccc(Cl)c(Nc2nc3ccccc3nc2NS(=O)(=O)c2cccc(NC(=O)C[C@@H]3CCCN3)c2)c1.Cl. The van der Waals surface area contributed by atoms with Crippen LogP contribution in [0.4, 0.5) is 23.0 Å². The molecule has 1 aliphatic heterocycles. The standard InChI is InChI=1S/C27H27ClN6O4S.ClH/c1-38-19-11-12-21(28)24(16-19)33-26-27(32-23-10-3-2-9-22(23)31-26)34-39(36,37)20-8-4-6-18(14-20)30-25(35)15-17-7-5-13-29-17;/h2-4,6,8-12,14,16-17,29H,5,7,13,15H2,1H3,(H,30,35)(H,31,33)(H,32,34);1H/t17-;/m0./s1. The molecule has 40 heavy (non-hydrogen) atoms. The van der Waals surface area contributed by atoms with E-state index in [4.69, 9.17) is 16.3 Å². The first-order valence-electron chi connectivity index (χ1n) is 12.3. The van der Waals surface area contributed by atoms with Crippen LogP contribution in [0.25, 0.3) is 11.0 Å². The lowest BCUT2D eigenvalue weighted by Gasteiger charge is -2.15. The first-order chi connectivity index (χ1) is 18.8. The fourth-order valence-electron chi connectivity index (χ4n) is 4.31. The highest BCUT2D eigenvalue weighted by Gasteiger charge is 2.21. The van der Waals surface area contributed by atoms with Gasteiger partial charge in [0.1, 0.15) is 5.75 Å². The second-order valence-electron chi connectivity index (χ2n) is 9.06. The van der Waals surface area contributed by atoms with Crippen molar-refractivity contribution in [2.45, 2.75) is 30.2 Å². The van der Waals surface area contributed by atoms with Gasteiger partial charge in [0.05, 0.1) is 33.7 Å². The molecular weight excluding hydrogens is 575 g/mol. The van der Waals surface area contributed by atoms with Gasteiger partial charge in [0.2, 0.25) is 5.91 Å². The van der Waals surface area contributed by atoms with E-state index in [-0.39, 0.29) is 40.9 Å². The zero-order valence-electron chi connectivity index (χ0n) is 21.5. The minimum atomic E-state index is -4.11. The van der Waals surface area contributed by atoms with Crippen LogP contribution in [0.1, 0.15) is 19.3 Å². The third-order valence-corrected chi connectivity index (χ3v) is 7.92. The number of aromatic nitrogens is 2. The van der Waals surface area contributed by atoms with E-state index in [1.807, 2.05) is 6.07 Å². The molecular formula is C27H28Cl2N6O4S. The Balaban J connectivity index is 0.00000370. The fraction of sp³-hybridized carbons (Fsp3) is 0.222. The Morgan fingerprint density at radius 1 is 1.05 bits per heavy atom. The van der Waals surface area contributed by atoms with E-state index in [1.54, 1.807) is 48.5 Å². The predicted octanol–water partition coefficient (Wildman–Crippen LogP) is 5.34. The van der Waals surface area contributed by atoms with E-state index < -0.39 is 10.0 Å². The normalized spacial score (nSPS) is 14.8. The molecule has 13 heteroatoms. The molecule has 10 nitrogen and oxygen atoms in total. The van der Waals surface area contributed by atoms with Crippen LogP contribution in [0.2, 0.25) is 5.02 Å². The number of amides is 1. The van der Waals surface area contributed by atoms with E-state index in [9.17, 15) is 13.2 Å².